The van der Waals surface area contributed by atoms with E-state index in [4.69, 9.17) is 16.2 Å². The highest BCUT2D eigenvalue weighted by Gasteiger charge is 2.08. The smallest absolute Gasteiger partial charge is 0.222 e. The zero-order valence-corrected chi connectivity index (χ0v) is 18.7. The van der Waals surface area contributed by atoms with Gasteiger partial charge in [0.1, 0.15) is 18.2 Å². The number of pyridine rings is 1. The van der Waals surface area contributed by atoms with E-state index in [0.29, 0.717) is 23.8 Å². The Morgan fingerprint density at radius 1 is 0.824 bits per heavy atom. The molecule has 0 bridgehead atoms. The maximum absolute atomic E-state index is 6.19. The second-order valence-electron chi connectivity index (χ2n) is 8.01. The van der Waals surface area contributed by atoms with Crippen LogP contribution in [0.4, 0.5) is 23.1 Å². The summed E-state index contributed by atoms with van der Waals surface area (Å²) in [7, 11) is 0. The van der Waals surface area contributed by atoms with Crippen molar-refractivity contribution in [3.05, 3.63) is 96.2 Å². The standard InChI is InChI=1S/C27H24N6O/c1-17-13-23(28)22-14-20(9-12-24(22)30-17)31-26-15-25(32-27(29)33-26)19-7-10-21(11-8-19)34-16-18-5-3-2-4-6-18/h2-15H,16H2,1H3,(H2,28,30)(H3,29,31,32,33). The number of fused-ring (bicyclic) bond motifs is 1. The minimum Gasteiger partial charge on any atom is -0.489 e. The number of nitrogens with two attached hydrogens (primary N) is 2. The van der Waals surface area contributed by atoms with Crippen LogP contribution in [0.2, 0.25) is 0 Å². The Morgan fingerprint density at radius 3 is 2.41 bits per heavy atom. The SMILES string of the molecule is Cc1cc(N)c2cc(Nc3cc(-c4ccc(OCc5ccccc5)cc4)nc(N)n3)ccc2n1. The Morgan fingerprint density at radius 2 is 1.62 bits per heavy atom. The predicted molar refractivity (Wildman–Crippen MR) is 137 cm³/mol. The zero-order valence-electron chi connectivity index (χ0n) is 18.7. The van der Waals surface area contributed by atoms with Gasteiger partial charge in [0.05, 0.1) is 11.2 Å². The number of nitrogen functional groups attached to an aromatic ring is 2. The molecule has 2 heterocycles. The molecule has 5 N–H and O–H groups in total. The fraction of sp³-hybridized carbons (Fsp3) is 0.0741. The molecule has 0 unspecified atom stereocenters. The number of nitrogens with zero attached hydrogens (tertiary/aromatic N) is 3. The first-order valence-electron chi connectivity index (χ1n) is 10.9. The number of hydrogen-bond acceptors (Lipinski definition) is 7. The van der Waals surface area contributed by atoms with Gasteiger partial charge >= 0.3 is 0 Å². The molecular formula is C27H24N6O. The summed E-state index contributed by atoms with van der Waals surface area (Å²) in [6, 6.07) is 27.3. The number of aromatic nitrogens is 3. The second-order valence-corrected chi connectivity index (χ2v) is 8.01. The van der Waals surface area contributed by atoms with Gasteiger partial charge in [0.15, 0.2) is 0 Å². The summed E-state index contributed by atoms with van der Waals surface area (Å²) in [5.74, 6) is 1.55. The minimum absolute atomic E-state index is 0.182. The van der Waals surface area contributed by atoms with Crippen molar-refractivity contribution in [2.45, 2.75) is 13.5 Å². The van der Waals surface area contributed by atoms with Crippen LogP contribution in [0.15, 0.2) is 84.9 Å². The quantitative estimate of drug-likeness (QED) is 0.315. The summed E-state index contributed by atoms with van der Waals surface area (Å²) >= 11 is 0. The molecule has 168 valence electrons. The third kappa shape index (κ3) is 4.73. The molecule has 5 aromatic rings. The lowest BCUT2D eigenvalue weighted by Crippen LogP contribution is -2.02. The average molecular weight is 449 g/mol. The molecule has 0 aliphatic heterocycles. The summed E-state index contributed by atoms with van der Waals surface area (Å²) in [6.07, 6.45) is 0. The second kappa shape index (κ2) is 9.07. The van der Waals surface area contributed by atoms with Crippen LogP contribution in [0.1, 0.15) is 11.3 Å². The van der Waals surface area contributed by atoms with Gasteiger partial charge in [-0.05, 0) is 61.0 Å². The molecule has 0 atom stereocenters. The molecule has 7 nitrogen and oxygen atoms in total. The van der Waals surface area contributed by atoms with Gasteiger partial charge in [0.25, 0.3) is 0 Å². The lowest BCUT2D eigenvalue weighted by molar-refractivity contribution is 0.306. The Labute approximate surface area is 197 Å². The third-order valence-corrected chi connectivity index (χ3v) is 5.38. The molecule has 3 aromatic carbocycles. The first-order chi connectivity index (χ1) is 16.5. The lowest BCUT2D eigenvalue weighted by atomic mass is 10.1. The zero-order chi connectivity index (χ0) is 23.5. The van der Waals surface area contributed by atoms with Gasteiger partial charge in [-0.15, -0.1) is 0 Å². The fourth-order valence-corrected chi connectivity index (χ4v) is 3.76. The van der Waals surface area contributed by atoms with Gasteiger partial charge in [-0.25, -0.2) is 4.98 Å². The largest absolute Gasteiger partial charge is 0.489 e. The van der Waals surface area contributed by atoms with Gasteiger partial charge in [0, 0.05) is 34.1 Å². The van der Waals surface area contributed by atoms with Crippen LogP contribution in [0.25, 0.3) is 22.2 Å². The van der Waals surface area contributed by atoms with Crippen LogP contribution in [0, 0.1) is 6.92 Å². The maximum Gasteiger partial charge on any atom is 0.222 e. The molecular weight excluding hydrogens is 424 g/mol. The van der Waals surface area contributed by atoms with E-state index in [2.05, 4.69) is 20.3 Å². The number of nitrogens with one attached hydrogen (secondary N) is 1. The van der Waals surface area contributed by atoms with Crippen LogP contribution >= 0.6 is 0 Å². The summed E-state index contributed by atoms with van der Waals surface area (Å²) in [4.78, 5) is 13.3. The Bertz CT molecular complexity index is 1450. The number of hydrogen-bond donors (Lipinski definition) is 3. The van der Waals surface area contributed by atoms with E-state index < -0.39 is 0 Å². The van der Waals surface area contributed by atoms with Crippen molar-refractivity contribution in [3.63, 3.8) is 0 Å². The Kier molecular flexibility index (Phi) is 5.66. The topological polar surface area (TPSA) is 112 Å². The average Bonchev–Trinajstić information content (AvgIpc) is 2.84. The van der Waals surface area contributed by atoms with E-state index in [1.165, 1.54) is 0 Å². The molecule has 34 heavy (non-hydrogen) atoms. The molecule has 0 aliphatic carbocycles. The Balaban J connectivity index is 1.35. The van der Waals surface area contributed by atoms with Crippen molar-refractivity contribution in [2.75, 3.05) is 16.8 Å². The first kappa shape index (κ1) is 21.2. The highest BCUT2D eigenvalue weighted by molar-refractivity contribution is 5.93. The van der Waals surface area contributed by atoms with E-state index in [1.54, 1.807) is 0 Å². The molecule has 0 radical (unpaired) electrons. The van der Waals surface area contributed by atoms with E-state index in [9.17, 15) is 0 Å². The van der Waals surface area contributed by atoms with Crippen molar-refractivity contribution in [2.24, 2.45) is 0 Å². The molecule has 0 amide bonds. The van der Waals surface area contributed by atoms with Crippen LogP contribution in [-0.2, 0) is 6.61 Å². The highest BCUT2D eigenvalue weighted by Crippen LogP contribution is 2.28. The number of anilines is 4. The predicted octanol–water partition coefficient (Wildman–Crippen LogP) is 5.49. The molecule has 7 heteroatoms. The van der Waals surface area contributed by atoms with E-state index in [1.807, 2.05) is 91.9 Å². The van der Waals surface area contributed by atoms with Crippen molar-refractivity contribution in [1.82, 2.24) is 15.0 Å². The summed E-state index contributed by atoms with van der Waals surface area (Å²) in [6.45, 7) is 2.44. The van der Waals surface area contributed by atoms with Gasteiger partial charge < -0.3 is 21.5 Å². The number of benzene rings is 3. The normalized spacial score (nSPS) is 10.9. The van der Waals surface area contributed by atoms with Crippen molar-refractivity contribution < 1.29 is 4.74 Å². The van der Waals surface area contributed by atoms with Crippen molar-refractivity contribution in [3.8, 4) is 17.0 Å². The molecule has 0 aliphatic rings. The molecule has 5 rings (SSSR count). The van der Waals surface area contributed by atoms with Crippen molar-refractivity contribution in [1.29, 1.82) is 0 Å². The number of rotatable bonds is 6. The maximum atomic E-state index is 6.19. The van der Waals surface area contributed by atoms with Crippen LogP contribution in [-0.4, -0.2) is 15.0 Å². The van der Waals surface area contributed by atoms with Crippen LogP contribution in [0.3, 0.4) is 0 Å². The molecule has 0 fully saturated rings. The lowest BCUT2D eigenvalue weighted by Gasteiger charge is -2.11. The number of aryl methyl sites for hydroxylation is 1. The van der Waals surface area contributed by atoms with Gasteiger partial charge in [0.2, 0.25) is 5.95 Å². The molecule has 0 saturated heterocycles. The minimum atomic E-state index is 0.182. The third-order valence-electron chi connectivity index (χ3n) is 5.38. The Hall–Kier alpha value is -4.65. The fourth-order valence-electron chi connectivity index (χ4n) is 3.76. The van der Waals surface area contributed by atoms with Crippen LogP contribution < -0.4 is 21.5 Å². The van der Waals surface area contributed by atoms with E-state index in [-0.39, 0.29) is 5.95 Å². The van der Waals surface area contributed by atoms with E-state index >= 15 is 0 Å². The van der Waals surface area contributed by atoms with Crippen LogP contribution in [0.5, 0.6) is 5.75 Å². The van der Waals surface area contributed by atoms with E-state index in [0.717, 1.165) is 39.2 Å². The molecule has 0 spiro atoms. The summed E-state index contributed by atoms with van der Waals surface area (Å²) < 4.78 is 5.88. The molecule has 2 aromatic heterocycles. The summed E-state index contributed by atoms with van der Waals surface area (Å²) in [5.41, 5.74) is 18.2. The highest BCUT2D eigenvalue weighted by atomic mass is 16.5. The van der Waals surface area contributed by atoms with Gasteiger partial charge in [-0.2, -0.15) is 4.98 Å². The van der Waals surface area contributed by atoms with Gasteiger partial charge in [-0.3, -0.25) is 4.98 Å². The molecule has 0 saturated carbocycles. The van der Waals surface area contributed by atoms with Gasteiger partial charge in [-0.1, -0.05) is 30.3 Å². The monoisotopic (exact) mass is 448 g/mol. The summed E-state index contributed by atoms with van der Waals surface area (Å²) in [5, 5.41) is 4.18. The number of ether oxygens (including phenoxy) is 1. The van der Waals surface area contributed by atoms with Crippen molar-refractivity contribution >= 4 is 34.0 Å². The first-order valence-corrected chi connectivity index (χ1v) is 10.9.